The van der Waals surface area contributed by atoms with E-state index >= 15 is 0 Å². The van der Waals surface area contributed by atoms with Crippen molar-refractivity contribution in [2.24, 2.45) is 5.92 Å². The summed E-state index contributed by atoms with van der Waals surface area (Å²) in [7, 11) is 0. The summed E-state index contributed by atoms with van der Waals surface area (Å²) < 4.78 is 0. The lowest BCUT2D eigenvalue weighted by molar-refractivity contribution is -0.122. The highest BCUT2D eigenvalue weighted by Gasteiger charge is 2.41. The molecule has 0 radical (unpaired) electrons. The van der Waals surface area contributed by atoms with Gasteiger partial charge in [0.25, 0.3) is 0 Å². The molecule has 1 aliphatic heterocycles. The Kier molecular flexibility index (Phi) is 4.11. The van der Waals surface area contributed by atoms with Gasteiger partial charge in [-0.25, -0.2) is 0 Å². The molecule has 2 saturated carbocycles. The van der Waals surface area contributed by atoms with Crippen molar-refractivity contribution < 1.29 is 4.79 Å². The van der Waals surface area contributed by atoms with Gasteiger partial charge in [-0.1, -0.05) is 25.7 Å². The normalized spacial score (nSPS) is 30.2. The fourth-order valence-corrected chi connectivity index (χ4v) is 4.20. The number of amides is 1. The van der Waals surface area contributed by atoms with Crippen LogP contribution >= 0.6 is 0 Å². The van der Waals surface area contributed by atoms with Crippen molar-refractivity contribution in [2.75, 3.05) is 6.54 Å². The van der Waals surface area contributed by atoms with Crippen LogP contribution in [0.3, 0.4) is 0 Å². The standard InChI is InChI=1S/C16H28N2O/c19-15(7-6-13-4-1-2-5-13)18-14-8-11-17-16(12-14)9-3-10-16/h13-14,17H,1-12H2,(H,18,19). The van der Waals surface area contributed by atoms with E-state index in [0.29, 0.717) is 17.5 Å². The molecule has 0 aromatic carbocycles. The van der Waals surface area contributed by atoms with E-state index in [1.807, 2.05) is 0 Å². The van der Waals surface area contributed by atoms with Crippen LogP contribution in [0.15, 0.2) is 0 Å². The summed E-state index contributed by atoms with van der Waals surface area (Å²) in [5.74, 6) is 1.13. The SMILES string of the molecule is O=C(CCC1CCCC1)NC1CCNC2(CCC2)C1. The van der Waals surface area contributed by atoms with E-state index in [9.17, 15) is 4.79 Å². The van der Waals surface area contributed by atoms with Crippen LogP contribution in [-0.4, -0.2) is 24.0 Å². The molecule has 1 unspecified atom stereocenters. The minimum Gasteiger partial charge on any atom is -0.353 e. The summed E-state index contributed by atoms with van der Waals surface area (Å²) >= 11 is 0. The zero-order valence-corrected chi connectivity index (χ0v) is 12.0. The van der Waals surface area contributed by atoms with E-state index in [-0.39, 0.29) is 0 Å². The number of rotatable bonds is 4. The first-order chi connectivity index (χ1) is 9.26. The molecule has 0 bridgehead atoms. The second kappa shape index (κ2) is 5.82. The van der Waals surface area contributed by atoms with E-state index in [1.165, 1.54) is 44.9 Å². The molecule has 3 fully saturated rings. The van der Waals surface area contributed by atoms with Crippen LogP contribution < -0.4 is 10.6 Å². The summed E-state index contributed by atoms with van der Waals surface area (Å²) in [6.45, 7) is 1.08. The van der Waals surface area contributed by atoms with Gasteiger partial charge in [0.05, 0.1) is 0 Å². The lowest BCUT2D eigenvalue weighted by atomic mass is 9.70. The Bertz CT molecular complexity index is 319. The summed E-state index contributed by atoms with van der Waals surface area (Å²) in [5, 5.41) is 6.95. The molecule has 108 valence electrons. The average molecular weight is 264 g/mol. The molecule has 0 aromatic rings. The Balaban J connectivity index is 1.38. The number of nitrogens with one attached hydrogen (secondary N) is 2. The summed E-state index contributed by atoms with van der Waals surface area (Å²) in [4.78, 5) is 12.1. The van der Waals surface area contributed by atoms with Gasteiger partial charge in [0.2, 0.25) is 5.91 Å². The number of hydrogen-bond acceptors (Lipinski definition) is 2. The molecule has 1 heterocycles. The van der Waals surface area contributed by atoms with E-state index < -0.39 is 0 Å². The van der Waals surface area contributed by atoms with E-state index in [4.69, 9.17) is 0 Å². The number of piperidine rings is 1. The Morgan fingerprint density at radius 3 is 2.63 bits per heavy atom. The lowest BCUT2D eigenvalue weighted by Crippen LogP contribution is -2.59. The lowest BCUT2D eigenvalue weighted by Gasteiger charge is -2.48. The second-order valence-electron chi connectivity index (χ2n) is 7.01. The van der Waals surface area contributed by atoms with Crippen LogP contribution in [0.25, 0.3) is 0 Å². The van der Waals surface area contributed by atoms with E-state index in [2.05, 4.69) is 10.6 Å². The topological polar surface area (TPSA) is 41.1 Å². The molecule has 1 amide bonds. The molecule has 1 atom stereocenters. The molecule has 2 aliphatic carbocycles. The van der Waals surface area contributed by atoms with Crippen molar-refractivity contribution in [2.45, 2.75) is 82.2 Å². The molecule has 3 aliphatic rings. The number of hydrogen-bond donors (Lipinski definition) is 2. The first kappa shape index (κ1) is 13.4. The molecule has 0 aromatic heterocycles. The van der Waals surface area contributed by atoms with Crippen LogP contribution in [0.4, 0.5) is 0 Å². The fourth-order valence-electron chi connectivity index (χ4n) is 4.20. The van der Waals surface area contributed by atoms with Crippen LogP contribution in [0.1, 0.15) is 70.6 Å². The molecule has 3 rings (SSSR count). The second-order valence-corrected chi connectivity index (χ2v) is 7.01. The fraction of sp³-hybridized carbons (Fsp3) is 0.938. The van der Waals surface area contributed by atoms with Crippen molar-refractivity contribution in [3.8, 4) is 0 Å². The van der Waals surface area contributed by atoms with Crippen LogP contribution in [0, 0.1) is 5.92 Å². The zero-order valence-electron chi connectivity index (χ0n) is 12.0. The van der Waals surface area contributed by atoms with Gasteiger partial charge >= 0.3 is 0 Å². The Morgan fingerprint density at radius 2 is 1.95 bits per heavy atom. The van der Waals surface area contributed by atoms with E-state index in [0.717, 1.165) is 38.1 Å². The van der Waals surface area contributed by atoms with Crippen LogP contribution in [0.2, 0.25) is 0 Å². The molecule has 1 spiro atoms. The monoisotopic (exact) mass is 264 g/mol. The molecule has 1 saturated heterocycles. The zero-order chi connectivity index (χ0) is 13.1. The molecule has 19 heavy (non-hydrogen) atoms. The van der Waals surface area contributed by atoms with Crippen LogP contribution in [-0.2, 0) is 4.79 Å². The Labute approximate surface area is 116 Å². The third-order valence-electron chi connectivity index (χ3n) is 5.56. The molecular weight excluding hydrogens is 236 g/mol. The third-order valence-corrected chi connectivity index (χ3v) is 5.56. The summed E-state index contributed by atoms with van der Waals surface area (Å²) in [6.07, 6.45) is 13.6. The maximum Gasteiger partial charge on any atom is 0.220 e. The first-order valence-electron chi connectivity index (χ1n) is 8.30. The van der Waals surface area contributed by atoms with Gasteiger partial charge in [-0.2, -0.15) is 0 Å². The Hall–Kier alpha value is -0.570. The number of carbonyl (C=O) groups excluding carboxylic acids is 1. The minimum absolute atomic E-state index is 0.299. The summed E-state index contributed by atoms with van der Waals surface area (Å²) in [5.41, 5.74) is 0.391. The van der Waals surface area contributed by atoms with Gasteiger partial charge in [0.1, 0.15) is 0 Å². The number of carbonyl (C=O) groups is 1. The third kappa shape index (κ3) is 3.31. The van der Waals surface area contributed by atoms with Crippen molar-refractivity contribution in [1.29, 1.82) is 0 Å². The van der Waals surface area contributed by atoms with Crippen molar-refractivity contribution in [3.05, 3.63) is 0 Å². The van der Waals surface area contributed by atoms with Gasteiger partial charge in [0.15, 0.2) is 0 Å². The highest BCUT2D eigenvalue weighted by molar-refractivity contribution is 5.76. The Morgan fingerprint density at radius 1 is 1.16 bits per heavy atom. The van der Waals surface area contributed by atoms with Gasteiger partial charge in [-0.15, -0.1) is 0 Å². The van der Waals surface area contributed by atoms with Gasteiger partial charge in [-0.05, 0) is 51.0 Å². The van der Waals surface area contributed by atoms with Gasteiger partial charge in [0, 0.05) is 18.0 Å². The molecule has 3 nitrogen and oxygen atoms in total. The smallest absolute Gasteiger partial charge is 0.220 e. The van der Waals surface area contributed by atoms with Gasteiger partial charge < -0.3 is 10.6 Å². The predicted molar refractivity (Wildman–Crippen MR) is 76.9 cm³/mol. The highest BCUT2D eigenvalue weighted by Crippen LogP contribution is 2.38. The highest BCUT2D eigenvalue weighted by atomic mass is 16.1. The molecule has 3 heteroatoms. The maximum absolute atomic E-state index is 12.1. The van der Waals surface area contributed by atoms with Crippen molar-refractivity contribution >= 4 is 5.91 Å². The predicted octanol–water partition coefficient (Wildman–Crippen LogP) is 2.75. The average Bonchev–Trinajstić information content (AvgIpc) is 2.88. The minimum atomic E-state index is 0.299. The maximum atomic E-state index is 12.1. The van der Waals surface area contributed by atoms with Crippen molar-refractivity contribution in [1.82, 2.24) is 10.6 Å². The quantitative estimate of drug-likeness (QED) is 0.820. The van der Waals surface area contributed by atoms with Crippen LogP contribution in [0.5, 0.6) is 0 Å². The molecule has 2 N–H and O–H groups in total. The van der Waals surface area contributed by atoms with E-state index in [1.54, 1.807) is 0 Å². The molecular formula is C16H28N2O. The van der Waals surface area contributed by atoms with Gasteiger partial charge in [-0.3, -0.25) is 4.79 Å². The largest absolute Gasteiger partial charge is 0.353 e. The van der Waals surface area contributed by atoms with Crippen molar-refractivity contribution in [3.63, 3.8) is 0 Å². The summed E-state index contributed by atoms with van der Waals surface area (Å²) in [6, 6.07) is 0.428. The first-order valence-corrected chi connectivity index (χ1v) is 8.30.